The number of halogens is 2. The van der Waals surface area contributed by atoms with E-state index in [0.29, 0.717) is 0 Å². The first-order valence-electron chi connectivity index (χ1n) is 3.87. The first-order valence-corrected chi connectivity index (χ1v) is 5.74. The van der Waals surface area contributed by atoms with Gasteiger partial charge < -0.3 is 0 Å². The van der Waals surface area contributed by atoms with Crippen LogP contribution in [0.5, 0.6) is 0 Å². The van der Waals surface area contributed by atoms with Gasteiger partial charge in [0.15, 0.2) is 0 Å². The highest BCUT2D eigenvalue weighted by Crippen LogP contribution is 2.30. The molecule has 12 heavy (non-hydrogen) atoms. The molecule has 0 saturated carbocycles. The van der Waals surface area contributed by atoms with Crippen LogP contribution in [0.2, 0.25) is 0 Å². The highest BCUT2D eigenvalue weighted by atomic mass is 127. The molecule has 0 fully saturated rings. The second kappa shape index (κ2) is 3.66. The average Bonchev–Trinajstić information content (AvgIpc) is 1.92. The Kier molecular flexibility index (Phi) is 3.21. The predicted molar refractivity (Wildman–Crippen MR) is 65.6 cm³/mol. The summed E-state index contributed by atoms with van der Waals surface area (Å²) in [5.41, 5.74) is 1.59. The second-order valence-electron chi connectivity index (χ2n) is 3.87. The van der Waals surface area contributed by atoms with Crippen molar-refractivity contribution in [1.82, 2.24) is 0 Å². The molecule has 0 unspecified atom stereocenters. The molecule has 0 aliphatic heterocycles. The third-order valence-electron chi connectivity index (χ3n) is 1.74. The molecule has 66 valence electrons. The van der Waals surface area contributed by atoms with E-state index in [-0.39, 0.29) is 5.41 Å². The van der Waals surface area contributed by atoms with Crippen molar-refractivity contribution in [3.05, 3.63) is 31.8 Å². The maximum absolute atomic E-state index is 3.56. The van der Waals surface area contributed by atoms with Crippen molar-refractivity contribution in [2.75, 3.05) is 0 Å². The van der Waals surface area contributed by atoms with Crippen molar-refractivity contribution >= 4 is 38.5 Å². The van der Waals surface area contributed by atoms with Gasteiger partial charge in [-0.2, -0.15) is 0 Å². The molecular formula is C10H12BrI. The standard InChI is InChI=1S/C10H12BrI/c1-10(2,3)8-6-7(12)4-5-9(8)11/h4-6H,1-3H3. The van der Waals surface area contributed by atoms with Gasteiger partial charge in [0.25, 0.3) is 0 Å². The van der Waals surface area contributed by atoms with Crippen LogP contribution in [0.15, 0.2) is 22.7 Å². The molecule has 0 aliphatic rings. The SMILES string of the molecule is CC(C)(C)c1cc(I)ccc1Br. The summed E-state index contributed by atoms with van der Waals surface area (Å²) in [6.45, 7) is 6.68. The number of hydrogen-bond acceptors (Lipinski definition) is 0. The highest BCUT2D eigenvalue weighted by molar-refractivity contribution is 14.1. The van der Waals surface area contributed by atoms with Crippen LogP contribution in [0.4, 0.5) is 0 Å². The van der Waals surface area contributed by atoms with Crippen LogP contribution in [0.1, 0.15) is 26.3 Å². The van der Waals surface area contributed by atoms with Gasteiger partial charge in [-0.1, -0.05) is 36.7 Å². The summed E-state index contributed by atoms with van der Waals surface area (Å²) in [7, 11) is 0. The Morgan fingerprint density at radius 2 is 1.83 bits per heavy atom. The zero-order valence-corrected chi connectivity index (χ0v) is 11.2. The largest absolute Gasteiger partial charge is 0.0560 e. The van der Waals surface area contributed by atoms with Gasteiger partial charge in [0.2, 0.25) is 0 Å². The van der Waals surface area contributed by atoms with Crippen LogP contribution >= 0.6 is 38.5 Å². The Bertz CT molecular complexity index is 286. The van der Waals surface area contributed by atoms with E-state index in [0.717, 1.165) is 0 Å². The lowest BCUT2D eigenvalue weighted by molar-refractivity contribution is 0.586. The molecule has 1 aromatic carbocycles. The number of rotatable bonds is 0. The van der Waals surface area contributed by atoms with Gasteiger partial charge >= 0.3 is 0 Å². The molecule has 0 aromatic heterocycles. The van der Waals surface area contributed by atoms with E-state index >= 15 is 0 Å². The molecule has 1 aromatic rings. The minimum absolute atomic E-state index is 0.222. The molecule has 0 amide bonds. The summed E-state index contributed by atoms with van der Waals surface area (Å²) >= 11 is 5.90. The lowest BCUT2D eigenvalue weighted by Crippen LogP contribution is -2.11. The fourth-order valence-corrected chi connectivity index (χ4v) is 2.40. The number of hydrogen-bond donors (Lipinski definition) is 0. The van der Waals surface area contributed by atoms with E-state index < -0.39 is 0 Å². The minimum Gasteiger partial charge on any atom is -0.0560 e. The lowest BCUT2D eigenvalue weighted by atomic mass is 9.87. The van der Waals surface area contributed by atoms with Crippen molar-refractivity contribution in [3.8, 4) is 0 Å². The van der Waals surface area contributed by atoms with Crippen LogP contribution in [0.25, 0.3) is 0 Å². The van der Waals surface area contributed by atoms with E-state index in [1.165, 1.54) is 13.6 Å². The predicted octanol–water partition coefficient (Wildman–Crippen LogP) is 4.35. The molecule has 0 radical (unpaired) electrons. The lowest BCUT2D eigenvalue weighted by Gasteiger charge is -2.20. The van der Waals surface area contributed by atoms with Gasteiger partial charge in [0.05, 0.1) is 0 Å². The zero-order chi connectivity index (χ0) is 9.35. The van der Waals surface area contributed by atoms with Gasteiger partial charge in [0.1, 0.15) is 0 Å². The van der Waals surface area contributed by atoms with Crippen LogP contribution in [0.3, 0.4) is 0 Å². The molecule has 0 heterocycles. The topological polar surface area (TPSA) is 0 Å². The van der Waals surface area contributed by atoms with Crippen LogP contribution in [-0.2, 0) is 5.41 Å². The Morgan fingerprint density at radius 1 is 1.25 bits per heavy atom. The quantitative estimate of drug-likeness (QED) is 0.617. The maximum Gasteiger partial charge on any atom is 0.0213 e. The monoisotopic (exact) mass is 338 g/mol. The normalized spacial score (nSPS) is 11.8. The maximum atomic E-state index is 3.56. The van der Waals surface area contributed by atoms with Crippen molar-refractivity contribution in [3.63, 3.8) is 0 Å². The third-order valence-corrected chi connectivity index (χ3v) is 3.10. The summed E-state index contributed by atoms with van der Waals surface area (Å²) < 4.78 is 2.50. The Morgan fingerprint density at radius 3 is 2.25 bits per heavy atom. The number of benzene rings is 1. The smallest absolute Gasteiger partial charge is 0.0213 e. The van der Waals surface area contributed by atoms with E-state index in [1.54, 1.807) is 0 Å². The van der Waals surface area contributed by atoms with E-state index in [2.05, 4.69) is 77.5 Å². The molecule has 0 aliphatic carbocycles. The molecule has 2 heteroatoms. The van der Waals surface area contributed by atoms with Gasteiger partial charge in [-0.05, 0) is 51.8 Å². The first kappa shape index (κ1) is 10.5. The van der Waals surface area contributed by atoms with Crippen LogP contribution < -0.4 is 0 Å². The molecular weight excluding hydrogens is 327 g/mol. The van der Waals surface area contributed by atoms with Gasteiger partial charge in [-0.15, -0.1) is 0 Å². The van der Waals surface area contributed by atoms with E-state index in [1.807, 2.05) is 0 Å². The third kappa shape index (κ3) is 2.46. The summed E-state index contributed by atoms with van der Waals surface area (Å²) in [5, 5.41) is 0. The fourth-order valence-electron chi connectivity index (χ4n) is 1.07. The van der Waals surface area contributed by atoms with Gasteiger partial charge in [-0.25, -0.2) is 0 Å². The highest BCUT2D eigenvalue weighted by Gasteiger charge is 2.16. The zero-order valence-electron chi connectivity index (χ0n) is 7.49. The second-order valence-corrected chi connectivity index (χ2v) is 5.97. The summed E-state index contributed by atoms with van der Waals surface area (Å²) in [5.74, 6) is 0. The van der Waals surface area contributed by atoms with Gasteiger partial charge in [-0.3, -0.25) is 0 Å². The molecule has 0 nitrogen and oxygen atoms in total. The Balaban J connectivity index is 3.23. The van der Waals surface area contributed by atoms with E-state index in [4.69, 9.17) is 0 Å². The van der Waals surface area contributed by atoms with Crippen LogP contribution in [-0.4, -0.2) is 0 Å². The fraction of sp³-hybridized carbons (Fsp3) is 0.400. The molecule has 0 spiro atoms. The minimum atomic E-state index is 0.222. The average molecular weight is 339 g/mol. The summed E-state index contributed by atoms with van der Waals surface area (Å²) in [4.78, 5) is 0. The van der Waals surface area contributed by atoms with Gasteiger partial charge in [0, 0.05) is 8.04 Å². The summed E-state index contributed by atoms with van der Waals surface area (Å²) in [6, 6.07) is 6.45. The summed E-state index contributed by atoms with van der Waals surface area (Å²) in [6.07, 6.45) is 0. The van der Waals surface area contributed by atoms with Crippen LogP contribution in [0, 0.1) is 3.57 Å². The molecule has 1 rings (SSSR count). The Labute approximate surface area is 96.0 Å². The van der Waals surface area contributed by atoms with Crippen molar-refractivity contribution in [1.29, 1.82) is 0 Å². The van der Waals surface area contributed by atoms with Crippen molar-refractivity contribution < 1.29 is 0 Å². The first-order chi connectivity index (χ1) is 5.41. The molecule has 0 atom stereocenters. The Hall–Kier alpha value is 0.430. The molecule has 0 bridgehead atoms. The molecule has 0 N–H and O–H groups in total. The van der Waals surface area contributed by atoms with Crippen molar-refractivity contribution in [2.45, 2.75) is 26.2 Å². The van der Waals surface area contributed by atoms with E-state index in [9.17, 15) is 0 Å². The van der Waals surface area contributed by atoms with Crippen molar-refractivity contribution in [2.24, 2.45) is 0 Å². The molecule has 0 saturated heterocycles.